The Hall–Kier alpha value is -11.4. The van der Waals surface area contributed by atoms with Crippen LogP contribution in [0.1, 0.15) is 130 Å². The molecule has 0 aromatic heterocycles. The molecule has 4 fully saturated rings. The van der Waals surface area contributed by atoms with Crippen molar-refractivity contribution < 1.29 is 103 Å². The summed E-state index contributed by atoms with van der Waals surface area (Å²) < 4.78 is 92.2. The Morgan fingerprint density at radius 3 is 2.15 bits per heavy atom. The van der Waals surface area contributed by atoms with Crippen LogP contribution in [0.15, 0.2) is 154 Å². The lowest BCUT2D eigenvalue weighted by atomic mass is 9.46. The van der Waals surface area contributed by atoms with Gasteiger partial charge in [-0.1, -0.05) is 68.6 Å². The number of hydrogen-bond acceptors (Lipinski definition) is 22. The van der Waals surface area contributed by atoms with Gasteiger partial charge in [0, 0.05) is 53.6 Å². The van der Waals surface area contributed by atoms with Gasteiger partial charge in [-0.3, -0.25) is 38.5 Å². The molecule has 0 radical (unpaired) electrons. The average Bonchev–Trinajstić information content (AvgIpc) is 1.53. The number of anilines is 3. The van der Waals surface area contributed by atoms with Crippen molar-refractivity contribution in [1.82, 2.24) is 14.5 Å². The molecule has 0 spiro atoms. The van der Waals surface area contributed by atoms with Gasteiger partial charge >= 0.3 is 11.9 Å². The number of terminal acetylenes is 1. The number of sulfone groups is 1. The number of rotatable bonds is 27. The number of carbonyl (C=O) groups excluding carboxylic acids is 6. The summed E-state index contributed by atoms with van der Waals surface area (Å²) in [6.07, 6.45) is 16.1. The molecule has 6 aromatic carbocycles. The first-order chi connectivity index (χ1) is 56.0. The lowest BCUT2D eigenvalue weighted by Crippen LogP contribution is -2.54. The number of ether oxygens (including phenoxy) is 5. The standard InChI is InChI=1S/C31H44N2O6.C19H19FN4O2.C19H21NO7S2.C17H15NO6/c1-6-31(38)14-11-26-23-8-7-20-15-21(9-12-29(20,4)25(23)10-13-30(26,31)5)33-39-18-27(35)32-17-22(34)16-24(19(2)3)28(36)37;1-13(19(26)23-16-8-6-14(11-21)7-9-16)24(2)12-18(25)22-17-5-3-4-15(20)10-17;1-14-5-6-15(11-18(14)29(25,26)20-7-9-27-10-8-20)13-28(23,24)17-4-2-3-16(12-17)19(21)22;1-21-15-6-11(8-19)2-4-13(15)22-9-17(20)18-12-3-5-14-16(7-12)24-10-23-14/h1,15,19,23-26,38H,7-14,16-18H2,2-5H3,(H,32,35)(H,36,37);3-10,13H,12H2,1-2H3,(H,22,25)(H,23,26);2-6,11-12H,7-10,13H2,1H3,(H,21,22);2-8H,9-10H2,1H3,(H,18,20)/b33-21+;;;/t23?,24?,25?,26?,29-,30-,31?;;;/m0.../s1. The highest BCUT2D eigenvalue weighted by atomic mass is 32.2. The zero-order valence-electron chi connectivity index (χ0n) is 66.9. The fourth-order valence-corrected chi connectivity index (χ4v) is 18.8. The number of likely N-dealkylation sites (N-methyl/N-ethyl adjacent to an activating group) is 1. The second-order valence-electron chi connectivity index (χ2n) is 30.5. The number of sulfonamides is 1. The maximum absolute atomic E-state index is 13.1. The van der Waals surface area contributed by atoms with Crippen molar-refractivity contribution in [3.8, 4) is 41.4 Å². The van der Waals surface area contributed by atoms with Crippen LogP contribution < -0.4 is 40.2 Å². The highest BCUT2D eigenvalue weighted by molar-refractivity contribution is 7.90. The fourth-order valence-electron chi connectivity index (χ4n) is 15.7. The first-order valence-electron chi connectivity index (χ1n) is 38.4. The smallest absolute Gasteiger partial charge is 0.335 e. The van der Waals surface area contributed by atoms with E-state index >= 15 is 0 Å². The van der Waals surface area contributed by atoms with Crippen molar-refractivity contribution >= 4 is 90.3 Å². The highest BCUT2D eigenvalue weighted by Crippen LogP contribution is 2.67. The number of benzene rings is 6. The first-order valence-corrected chi connectivity index (χ1v) is 41.5. The average molecular weight is 1660 g/mol. The number of Topliss-reactive ketones (excluding diaryl/α,β-unsaturated/α-hetero) is 1. The largest absolute Gasteiger partial charge is 0.493 e. The minimum Gasteiger partial charge on any atom is -0.493 e. The van der Waals surface area contributed by atoms with Gasteiger partial charge in [0.1, 0.15) is 17.7 Å². The molecule has 118 heavy (non-hydrogen) atoms. The topological polar surface area (TPSA) is 412 Å². The predicted octanol–water partition coefficient (Wildman–Crippen LogP) is 10.7. The van der Waals surface area contributed by atoms with E-state index in [9.17, 15) is 69.8 Å². The van der Waals surface area contributed by atoms with Crippen molar-refractivity contribution in [1.29, 1.82) is 5.26 Å². The Morgan fingerprint density at radius 2 is 1.47 bits per heavy atom. The number of aromatic carboxylic acids is 1. The number of nitrogens with one attached hydrogen (secondary N) is 4. The molecule has 12 rings (SSSR count). The Bertz CT molecular complexity index is 5100. The molecule has 6 aliphatic rings. The Morgan fingerprint density at radius 1 is 0.780 bits per heavy atom. The van der Waals surface area contributed by atoms with Gasteiger partial charge in [-0.15, -0.1) is 6.42 Å². The molecule has 3 saturated carbocycles. The summed E-state index contributed by atoms with van der Waals surface area (Å²) in [5.41, 5.74) is 4.30. The van der Waals surface area contributed by atoms with E-state index in [2.05, 4.69) is 52.3 Å². The number of ketones is 1. The van der Waals surface area contributed by atoms with E-state index in [0.717, 1.165) is 56.7 Å². The molecule has 6 aromatic rings. The Labute approximate surface area is 685 Å². The number of carbonyl (C=O) groups is 8. The summed E-state index contributed by atoms with van der Waals surface area (Å²) in [5.74, 6) is 0.526. The molecule has 7 N–H and O–H groups in total. The lowest BCUT2D eigenvalue weighted by molar-refractivity contribution is -0.145. The number of morpholine rings is 1. The van der Waals surface area contributed by atoms with Gasteiger partial charge < -0.3 is 65.1 Å². The number of fused-ring (bicyclic) bond motifs is 6. The van der Waals surface area contributed by atoms with E-state index in [-0.39, 0.29) is 108 Å². The van der Waals surface area contributed by atoms with Crippen molar-refractivity contribution in [2.45, 2.75) is 127 Å². The monoisotopic (exact) mass is 1660 g/mol. The van der Waals surface area contributed by atoms with E-state index in [4.69, 9.17) is 45.3 Å². The van der Waals surface area contributed by atoms with Crippen LogP contribution in [0.4, 0.5) is 21.5 Å². The second-order valence-corrected chi connectivity index (χ2v) is 34.4. The lowest BCUT2D eigenvalue weighted by Gasteiger charge is -2.58. The number of aldehydes is 1. The molecular weight excluding hydrogens is 1560 g/mol. The third kappa shape index (κ3) is 22.9. The number of methoxy groups -OCH3 is 1. The Kier molecular flexibility index (Phi) is 30.8. The van der Waals surface area contributed by atoms with Crippen LogP contribution in [-0.4, -0.2) is 180 Å². The number of aryl methyl sites for hydroxylation is 1. The van der Waals surface area contributed by atoms with Gasteiger partial charge in [-0.25, -0.2) is 26.0 Å². The van der Waals surface area contributed by atoms with Crippen LogP contribution in [0.5, 0.6) is 23.0 Å². The van der Waals surface area contributed by atoms with Gasteiger partial charge in [0.2, 0.25) is 28.6 Å². The van der Waals surface area contributed by atoms with E-state index in [1.165, 1.54) is 65.5 Å². The number of nitrogens with zero attached hydrogens (tertiary/aromatic N) is 4. The molecule has 29 nitrogen and oxygen atoms in total. The molecule has 32 heteroatoms. The van der Waals surface area contributed by atoms with Crippen molar-refractivity contribution in [3.63, 3.8) is 0 Å². The summed E-state index contributed by atoms with van der Waals surface area (Å²) in [4.78, 5) is 101. The molecule has 6 unspecified atom stereocenters. The quantitative estimate of drug-likeness (QED) is 0.0143. The number of amides is 4. The number of allylic oxidation sites excluding steroid dienone is 2. The van der Waals surface area contributed by atoms with E-state index in [1.807, 2.05) is 6.07 Å². The zero-order valence-corrected chi connectivity index (χ0v) is 68.6. The molecule has 2 heterocycles. The molecule has 8 atom stereocenters. The summed E-state index contributed by atoms with van der Waals surface area (Å²) >= 11 is 0. The molecule has 0 bridgehead atoms. The number of nitriles is 1. The third-order valence-corrected chi connectivity index (χ3v) is 26.3. The predicted molar refractivity (Wildman–Crippen MR) is 434 cm³/mol. The second kappa shape index (κ2) is 40.2. The maximum Gasteiger partial charge on any atom is 0.335 e. The van der Waals surface area contributed by atoms with Gasteiger partial charge in [0.15, 0.2) is 51.8 Å². The molecule has 1 saturated heterocycles. The van der Waals surface area contributed by atoms with Gasteiger partial charge in [0.25, 0.3) is 11.8 Å². The molecule has 4 aliphatic carbocycles. The number of halogens is 1. The normalized spacial score (nSPS) is 21.1. The van der Waals surface area contributed by atoms with E-state index < -0.39 is 66.8 Å². The minimum atomic E-state index is -3.86. The number of aliphatic carboxylic acids is 1. The third-order valence-electron chi connectivity index (χ3n) is 22.6. The van der Waals surface area contributed by atoms with Gasteiger partial charge in [-0.05, 0) is 216 Å². The summed E-state index contributed by atoms with van der Waals surface area (Å²) in [7, 11) is -4.52. The SMILES string of the molecule is C#CC1(O)CCC2C3CCC4=C/C(=N/OCC(=O)NCC(=O)CC(C(=O)O)C(C)C)CC[C@]4(C)C3CC[C@@]21C.CC(C(=O)Nc1ccc(C#N)cc1)N(C)CC(=O)Nc1cccc(F)c1.COc1cc(C=O)ccc1OCC(=O)Nc1ccc2c(c1)OCO2.Cc1ccc(CS(=O)(=O)c2cccc(C(=O)O)c2)cc1S(=O)(=O)N1CCOCC1. The number of carboxylic acids is 2. The zero-order chi connectivity index (χ0) is 85.9. The summed E-state index contributed by atoms with van der Waals surface area (Å²) in [5, 5.41) is 53.0. The van der Waals surface area contributed by atoms with E-state index in [0.29, 0.717) is 106 Å². The fraction of sp³-hybridized carbons (Fsp3) is 0.419. The van der Waals surface area contributed by atoms with Crippen LogP contribution >= 0.6 is 0 Å². The van der Waals surface area contributed by atoms with Crippen LogP contribution in [0.2, 0.25) is 0 Å². The summed E-state index contributed by atoms with van der Waals surface area (Å²) in [6, 6.07) is 32.9. The number of oxime groups is 1. The molecule has 628 valence electrons. The van der Waals surface area contributed by atoms with Gasteiger partial charge in [0.05, 0.1) is 83.8 Å². The van der Waals surface area contributed by atoms with Crippen LogP contribution in [-0.2, 0) is 64.0 Å². The molecular formula is C86H99FN8O21S2. The minimum absolute atomic E-state index is 0.0293. The van der Waals surface area contributed by atoms with Crippen LogP contribution in [0.3, 0.4) is 0 Å². The van der Waals surface area contributed by atoms with Crippen LogP contribution in [0, 0.1) is 76.8 Å². The maximum atomic E-state index is 13.1. The van der Waals surface area contributed by atoms with E-state index in [1.54, 1.807) is 112 Å². The first kappa shape index (κ1) is 90.5. The van der Waals surface area contributed by atoms with Gasteiger partial charge in [-0.2, -0.15) is 9.57 Å². The highest BCUT2D eigenvalue weighted by Gasteiger charge is 2.63. The number of carboxylic acid groups (broad SMARTS) is 2. The molecule has 2 aliphatic heterocycles. The van der Waals surface area contributed by atoms with Crippen molar-refractivity contribution in [3.05, 3.63) is 173 Å². The molecule has 4 amide bonds. The van der Waals surface area contributed by atoms with Crippen LogP contribution in [0.25, 0.3) is 0 Å². The number of hydrogen-bond donors (Lipinski definition) is 7. The number of aliphatic hydroxyl groups is 1. The van der Waals surface area contributed by atoms with Crippen molar-refractivity contribution in [2.24, 2.45) is 45.6 Å². The Balaban J connectivity index is 0.000000183. The van der Waals surface area contributed by atoms with Crippen molar-refractivity contribution in [2.75, 3.05) is 89.5 Å². The summed E-state index contributed by atoms with van der Waals surface area (Å²) in [6.45, 7) is 12.0.